The number of anilines is 1. The van der Waals surface area contributed by atoms with Gasteiger partial charge in [-0.1, -0.05) is 0 Å². The van der Waals surface area contributed by atoms with Crippen LogP contribution in [0.5, 0.6) is 0 Å². The predicted molar refractivity (Wildman–Crippen MR) is 80.4 cm³/mol. The molecule has 3 N–H and O–H groups in total. The fourth-order valence-electron chi connectivity index (χ4n) is 2.20. The van der Waals surface area contributed by atoms with Gasteiger partial charge in [0.15, 0.2) is 0 Å². The van der Waals surface area contributed by atoms with Crippen molar-refractivity contribution < 1.29 is 0 Å². The van der Waals surface area contributed by atoms with Crippen LogP contribution < -0.4 is 16.4 Å². The minimum absolute atomic E-state index is 0.583. The van der Waals surface area contributed by atoms with Crippen molar-refractivity contribution in [1.82, 2.24) is 19.5 Å². The molecule has 7 heteroatoms. The quantitative estimate of drug-likeness (QED) is 0.624. The number of imidazole rings is 1. The second-order valence-electron chi connectivity index (χ2n) is 4.65. The summed E-state index contributed by atoms with van der Waals surface area (Å²) in [6.07, 6.45) is 3.70. The molecule has 21 heavy (non-hydrogen) atoms. The van der Waals surface area contributed by atoms with E-state index in [0.29, 0.717) is 17.6 Å². The van der Waals surface area contributed by atoms with Crippen LogP contribution in [-0.2, 0) is 13.1 Å². The van der Waals surface area contributed by atoms with E-state index < -0.39 is 11.1 Å². The molecule has 0 amide bonds. The van der Waals surface area contributed by atoms with Crippen LogP contribution in [0.1, 0.15) is 12.7 Å². The third-order valence-corrected chi connectivity index (χ3v) is 3.32. The first kappa shape index (κ1) is 13.2. The van der Waals surface area contributed by atoms with Gasteiger partial charge < -0.3 is 19.9 Å². The first-order chi connectivity index (χ1) is 10.2. The van der Waals surface area contributed by atoms with Gasteiger partial charge in [0.2, 0.25) is 0 Å². The van der Waals surface area contributed by atoms with Crippen molar-refractivity contribution in [3.05, 3.63) is 57.1 Å². The summed E-state index contributed by atoms with van der Waals surface area (Å²) in [5.41, 5.74) is 0.730. The fourth-order valence-corrected chi connectivity index (χ4v) is 2.20. The maximum Gasteiger partial charge on any atom is 0.314 e. The molecule has 0 atom stereocenters. The molecular formula is C14H15N5O2. The van der Waals surface area contributed by atoms with Crippen molar-refractivity contribution in [3.63, 3.8) is 0 Å². The molecule has 0 aliphatic rings. The highest BCUT2D eigenvalue weighted by Gasteiger charge is 2.03. The molecule has 108 valence electrons. The summed E-state index contributed by atoms with van der Waals surface area (Å²) in [7, 11) is 0. The average Bonchev–Trinajstić information content (AvgIpc) is 2.94. The number of hydrogen-bond acceptors (Lipinski definition) is 4. The van der Waals surface area contributed by atoms with Gasteiger partial charge in [0, 0.05) is 24.6 Å². The lowest BCUT2D eigenvalue weighted by atomic mass is 10.2. The van der Waals surface area contributed by atoms with Crippen molar-refractivity contribution in [2.24, 2.45) is 0 Å². The number of H-pyrrole nitrogens is 2. The number of nitrogens with one attached hydrogen (secondary N) is 3. The van der Waals surface area contributed by atoms with E-state index in [0.717, 1.165) is 18.1 Å². The summed E-state index contributed by atoms with van der Waals surface area (Å²) in [4.78, 5) is 32.0. The van der Waals surface area contributed by atoms with Crippen LogP contribution in [0.3, 0.4) is 0 Å². The standard InChI is InChI=1S/C14H15N5O2/c1-2-19-6-5-15-12(19)8-16-9-3-4-10-11(7-9)18-14(21)13(20)17-10/h3-7,16H,2,8H2,1H3,(H,17,20)(H,18,21). The normalized spacial score (nSPS) is 10.9. The summed E-state index contributed by atoms with van der Waals surface area (Å²) in [5.74, 6) is 0.938. The number of aromatic amines is 2. The van der Waals surface area contributed by atoms with Crippen LogP contribution in [0, 0.1) is 0 Å². The second-order valence-corrected chi connectivity index (χ2v) is 4.65. The van der Waals surface area contributed by atoms with Crippen molar-refractivity contribution in [1.29, 1.82) is 0 Å². The van der Waals surface area contributed by atoms with Crippen LogP contribution >= 0.6 is 0 Å². The van der Waals surface area contributed by atoms with Crippen LogP contribution in [-0.4, -0.2) is 19.5 Å². The van der Waals surface area contributed by atoms with Crippen molar-refractivity contribution in [3.8, 4) is 0 Å². The van der Waals surface area contributed by atoms with Gasteiger partial charge >= 0.3 is 11.1 Å². The number of fused-ring (bicyclic) bond motifs is 1. The van der Waals surface area contributed by atoms with E-state index >= 15 is 0 Å². The Kier molecular flexibility index (Phi) is 3.31. The van der Waals surface area contributed by atoms with E-state index in [-0.39, 0.29) is 0 Å². The van der Waals surface area contributed by atoms with Gasteiger partial charge in [-0.15, -0.1) is 0 Å². The average molecular weight is 285 g/mol. The second kappa shape index (κ2) is 5.28. The van der Waals surface area contributed by atoms with Gasteiger partial charge in [0.05, 0.1) is 17.6 Å². The van der Waals surface area contributed by atoms with Crippen LogP contribution in [0.15, 0.2) is 40.2 Å². The Hall–Kier alpha value is -2.83. The zero-order valence-corrected chi connectivity index (χ0v) is 11.5. The van der Waals surface area contributed by atoms with Crippen LogP contribution in [0.25, 0.3) is 11.0 Å². The summed E-state index contributed by atoms with van der Waals surface area (Å²) in [6, 6.07) is 5.38. The molecule has 0 radical (unpaired) electrons. The smallest absolute Gasteiger partial charge is 0.314 e. The Balaban J connectivity index is 1.86. The van der Waals surface area contributed by atoms with E-state index in [1.807, 2.05) is 16.8 Å². The summed E-state index contributed by atoms with van der Waals surface area (Å²) in [5, 5.41) is 3.25. The van der Waals surface area contributed by atoms with Gasteiger partial charge in [-0.05, 0) is 25.1 Å². The number of hydrogen-bond donors (Lipinski definition) is 3. The Morgan fingerprint density at radius 1 is 1.19 bits per heavy atom. The molecule has 0 aliphatic heterocycles. The Bertz CT molecular complexity index is 890. The van der Waals surface area contributed by atoms with Gasteiger partial charge in [-0.3, -0.25) is 9.59 Å². The third-order valence-electron chi connectivity index (χ3n) is 3.32. The van der Waals surface area contributed by atoms with E-state index in [4.69, 9.17) is 0 Å². The SMILES string of the molecule is CCn1ccnc1CNc1ccc2[nH]c(=O)c(=O)[nH]c2c1. The lowest BCUT2D eigenvalue weighted by Gasteiger charge is -2.08. The number of benzene rings is 1. The lowest BCUT2D eigenvalue weighted by molar-refractivity contribution is 0.708. The van der Waals surface area contributed by atoms with Gasteiger partial charge in [0.1, 0.15) is 5.82 Å². The first-order valence-corrected chi connectivity index (χ1v) is 6.67. The minimum atomic E-state index is -0.652. The van der Waals surface area contributed by atoms with E-state index in [9.17, 15) is 9.59 Å². The molecule has 0 spiro atoms. The topological polar surface area (TPSA) is 95.6 Å². The fraction of sp³-hybridized carbons (Fsp3) is 0.214. The highest BCUT2D eigenvalue weighted by Crippen LogP contribution is 2.14. The number of rotatable bonds is 4. The molecule has 3 rings (SSSR count). The molecule has 2 aromatic heterocycles. The molecule has 1 aromatic carbocycles. The predicted octanol–water partition coefficient (Wildman–Crippen LogP) is 1.04. The van der Waals surface area contributed by atoms with Crippen LogP contribution in [0.4, 0.5) is 5.69 Å². The Morgan fingerprint density at radius 3 is 2.71 bits per heavy atom. The lowest BCUT2D eigenvalue weighted by Crippen LogP contribution is -2.28. The first-order valence-electron chi connectivity index (χ1n) is 6.67. The Morgan fingerprint density at radius 2 is 1.95 bits per heavy atom. The molecular weight excluding hydrogens is 270 g/mol. The van der Waals surface area contributed by atoms with Crippen molar-refractivity contribution >= 4 is 16.7 Å². The zero-order valence-electron chi connectivity index (χ0n) is 11.5. The van der Waals surface area contributed by atoms with E-state index in [1.165, 1.54) is 0 Å². The van der Waals surface area contributed by atoms with Crippen molar-refractivity contribution in [2.75, 3.05) is 5.32 Å². The largest absolute Gasteiger partial charge is 0.378 e. The molecule has 3 aromatic rings. The van der Waals surface area contributed by atoms with E-state index in [1.54, 1.807) is 18.3 Å². The summed E-state index contributed by atoms with van der Waals surface area (Å²) in [6.45, 7) is 3.51. The molecule has 7 nitrogen and oxygen atoms in total. The number of aryl methyl sites for hydroxylation is 1. The van der Waals surface area contributed by atoms with Gasteiger partial charge in [0.25, 0.3) is 0 Å². The molecule has 0 saturated carbocycles. The van der Waals surface area contributed by atoms with Crippen LogP contribution in [0.2, 0.25) is 0 Å². The van der Waals surface area contributed by atoms with E-state index in [2.05, 4.69) is 27.2 Å². The third kappa shape index (κ3) is 2.58. The molecule has 0 bridgehead atoms. The molecule has 0 unspecified atom stereocenters. The van der Waals surface area contributed by atoms with Gasteiger partial charge in [-0.25, -0.2) is 4.98 Å². The maximum absolute atomic E-state index is 11.3. The molecule has 0 saturated heterocycles. The molecule has 2 heterocycles. The maximum atomic E-state index is 11.3. The molecule has 0 fully saturated rings. The highest BCUT2D eigenvalue weighted by molar-refractivity contribution is 5.78. The number of nitrogens with zero attached hydrogens (tertiary/aromatic N) is 2. The minimum Gasteiger partial charge on any atom is -0.378 e. The monoisotopic (exact) mass is 285 g/mol. The summed E-state index contributed by atoms with van der Waals surface area (Å²) < 4.78 is 2.05. The highest BCUT2D eigenvalue weighted by atomic mass is 16.2. The molecule has 0 aliphatic carbocycles. The van der Waals surface area contributed by atoms with Crippen molar-refractivity contribution in [2.45, 2.75) is 20.0 Å². The van der Waals surface area contributed by atoms with Gasteiger partial charge in [-0.2, -0.15) is 0 Å². The zero-order chi connectivity index (χ0) is 14.8. The number of aromatic nitrogens is 4. The Labute approximate surface area is 119 Å². The summed E-state index contributed by atoms with van der Waals surface area (Å²) >= 11 is 0.